The van der Waals surface area contributed by atoms with Gasteiger partial charge >= 0.3 is 0 Å². The van der Waals surface area contributed by atoms with E-state index in [4.69, 9.17) is 0 Å². The van der Waals surface area contributed by atoms with Gasteiger partial charge in [0.05, 0.1) is 0 Å². The fourth-order valence-electron chi connectivity index (χ4n) is 1.14. The summed E-state index contributed by atoms with van der Waals surface area (Å²) in [6.45, 7) is 5.29. The molecule has 2 heteroatoms. The van der Waals surface area contributed by atoms with Gasteiger partial charge in [-0.25, -0.2) is 4.98 Å². The molecule has 0 aliphatic rings. The van der Waals surface area contributed by atoms with E-state index in [0.29, 0.717) is 0 Å². The maximum absolute atomic E-state index is 4.32. The van der Waals surface area contributed by atoms with Crippen molar-refractivity contribution >= 4 is 5.82 Å². The molecule has 1 aromatic heterocycles. The zero-order chi connectivity index (χ0) is 8.97. The molecule has 0 fully saturated rings. The van der Waals surface area contributed by atoms with Gasteiger partial charge in [-0.15, -0.1) is 0 Å². The summed E-state index contributed by atoms with van der Waals surface area (Å²) in [5.41, 5.74) is 1.21. The number of nitrogens with zero attached hydrogens (tertiary/aromatic N) is 2. The number of hydrogen-bond acceptors (Lipinski definition) is 2. The first-order valence-electron chi connectivity index (χ1n) is 4.38. The van der Waals surface area contributed by atoms with Crippen LogP contribution in [-0.2, 0) is 0 Å². The summed E-state index contributed by atoms with van der Waals surface area (Å²) >= 11 is 0. The van der Waals surface area contributed by atoms with Gasteiger partial charge < -0.3 is 4.90 Å². The van der Waals surface area contributed by atoms with Crippen molar-refractivity contribution < 1.29 is 0 Å². The van der Waals surface area contributed by atoms with Gasteiger partial charge in [0.2, 0.25) is 0 Å². The third-order valence-corrected chi connectivity index (χ3v) is 1.85. The first kappa shape index (κ1) is 9.04. The van der Waals surface area contributed by atoms with Crippen molar-refractivity contribution in [3.63, 3.8) is 0 Å². The number of aryl methyl sites for hydroxylation is 1. The first-order chi connectivity index (χ1) is 5.74. The molecule has 0 aromatic carbocycles. The van der Waals surface area contributed by atoms with Gasteiger partial charge in [0.15, 0.2) is 0 Å². The fraction of sp³-hybridized carbons (Fsp3) is 0.500. The average molecular weight is 164 g/mol. The van der Waals surface area contributed by atoms with Crippen molar-refractivity contribution in [3.8, 4) is 0 Å². The van der Waals surface area contributed by atoms with Crippen molar-refractivity contribution in [1.82, 2.24) is 4.98 Å². The van der Waals surface area contributed by atoms with Crippen molar-refractivity contribution in [1.29, 1.82) is 0 Å². The van der Waals surface area contributed by atoms with Gasteiger partial charge in [-0.3, -0.25) is 0 Å². The molecular formula is C10H16N2. The number of rotatable bonds is 3. The van der Waals surface area contributed by atoms with Gasteiger partial charge in [-0.05, 0) is 25.0 Å². The quantitative estimate of drug-likeness (QED) is 0.681. The summed E-state index contributed by atoms with van der Waals surface area (Å²) in [5.74, 6) is 1.06. The Morgan fingerprint density at radius 2 is 2.17 bits per heavy atom. The molecule has 0 aliphatic carbocycles. The molecule has 0 N–H and O–H groups in total. The molecule has 1 heterocycles. The van der Waals surface area contributed by atoms with Gasteiger partial charge in [0.25, 0.3) is 0 Å². The zero-order valence-corrected chi connectivity index (χ0v) is 8.04. The minimum absolute atomic E-state index is 1.06. The summed E-state index contributed by atoms with van der Waals surface area (Å²) in [5, 5.41) is 0. The lowest BCUT2D eigenvalue weighted by atomic mass is 10.3. The third kappa shape index (κ3) is 2.22. The second-order valence-electron chi connectivity index (χ2n) is 3.12. The lowest BCUT2D eigenvalue weighted by Gasteiger charge is -2.16. The molecule has 0 bridgehead atoms. The van der Waals surface area contributed by atoms with E-state index in [-0.39, 0.29) is 0 Å². The van der Waals surface area contributed by atoms with E-state index in [1.807, 2.05) is 6.20 Å². The molecule has 1 aromatic rings. The Labute approximate surface area is 74.2 Å². The SMILES string of the molecule is CCCN(C)c1ccc(C)cn1. The molecule has 1 rings (SSSR count). The zero-order valence-electron chi connectivity index (χ0n) is 8.04. The minimum atomic E-state index is 1.06. The van der Waals surface area contributed by atoms with Crippen LogP contribution in [0.5, 0.6) is 0 Å². The summed E-state index contributed by atoms with van der Waals surface area (Å²) in [7, 11) is 2.07. The van der Waals surface area contributed by atoms with Gasteiger partial charge in [0, 0.05) is 19.8 Å². The van der Waals surface area contributed by atoms with Crippen LogP contribution in [0.3, 0.4) is 0 Å². The van der Waals surface area contributed by atoms with Crippen LogP contribution in [0.1, 0.15) is 18.9 Å². The number of hydrogen-bond donors (Lipinski definition) is 0. The molecule has 0 saturated carbocycles. The highest BCUT2D eigenvalue weighted by atomic mass is 15.2. The van der Waals surface area contributed by atoms with Gasteiger partial charge in [0.1, 0.15) is 5.82 Å². The van der Waals surface area contributed by atoms with E-state index in [2.05, 4.69) is 42.9 Å². The summed E-state index contributed by atoms with van der Waals surface area (Å²) in [6.07, 6.45) is 3.06. The number of anilines is 1. The van der Waals surface area contributed by atoms with E-state index in [1.165, 1.54) is 5.56 Å². The molecule has 0 aliphatic heterocycles. The Morgan fingerprint density at radius 1 is 1.42 bits per heavy atom. The number of pyridine rings is 1. The molecule has 0 amide bonds. The van der Waals surface area contributed by atoms with Gasteiger partial charge in [-0.1, -0.05) is 13.0 Å². The summed E-state index contributed by atoms with van der Waals surface area (Å²) < 4.78 is 0. The van der Waals surface area contributed by atoms with Crippen molar-refractivity contribution in [2.45, 2.75) is 20.3 Å². The molecule has 0 radical (unpaired) electrons. The van der Waals surface area contributed by atoms with Crippen LogP contribution in [0.15, 0.2) is 18.3 Å². The molecular weight excluding hydrogens is 148 g/mol. The maximum Gasteiger partial charge on any atom is 0.128 e. The number of aromatic nitrogens is 1. The predicted octanol–water partition coefficient (Wildman–Crippen LogP) is 2.24. The highest BCUT2D eigenvalue weighted by Gasteiger charge is 1.98. The Balaban J connectivity index is 2.68. The topological polar surface area (TPSA) is 16.1 Å². The first-order valence-corrected chi connectivity index (χ1v) is 4.38. The summed E-state index contributed by atoms with van der Waals surface area (Å²) in [6, 6.07) is 4.15. The lowest BCUT2D eigenvalue weighted by Crippen LogP contribution is -2.18. The second-order valence-corrected chi connectivity index (χ2v) is 3.12. The van der Waals surface area contributed by atoms with E-state index in [9.17, 15) is 0 Å². The van der Waals surface area contributed by atoms with Crippen LogP contribution in [0.2, 0.25) is 0 Å². The maximum atomic E-state index is 4.32. The fourth-order valence-corrected chi connectivity index (χ4v) is 1.14. The largest absolute Gasteiger partial charge is 0.360 e. The Hall–Kier alpha value is -1.05. The summed E-state index contributed by atoms with van der Waals surface area (Å²) in [4.78, 5) is 6.49. The van der Waals surface area contributed by atoms with Gasteiger partial charge in [-0.2, -0.15) is 0 Å². The van der Waals surface area contributed by atoms with Crippen molar-refractivity contribution in [2.24, 2.45) is 0 Å². The predicted molar refractivity (Wildman–Crippen MR) is 52.5 cm³/mol. The van der Waals surface area contributed by atoms with E-state index >= 15 is 0 Å². The molecule has 0 saturated heterocycles. The molecule has 0 unspecified atom stereocenters. The van der Waals surface area contributed by atoms with Crippen LogP contribution in [0.25, 0.3) is 0 Å². The Morgan fingerprint density at radius 3 is 2.67 bits per heavy atom. The van der Waals surface area contributed by atoms with Crippen molar-refractivity contribution in [2.75, 3.05) is 18.5 Å². The van der Waals surface area contributed by atoms with Crippen LogP contribution >= 0.6 is 0 Å². The Bertz CT molecular complexity index is 228. The monoisotopic (exact) mass is 164 g/mol. The molecule has 2 nitrogen and oxygen atoms in total. The molecule has 0 atom stereocenters. The minimum Gasteiger partial charge on any atom is -0.360 e. The van der Waals surface area contributed by atoms with Crippen LogP contribution in [-0.4, -0.2) is 18.6 Å². The molecule has 0 spiro atoms. The van der Waals surface area contributed by atoms with E-state index in [0.717, 1.165) is 18.8 Å². The van der Waals surface area contributed by atoms with Crippen LogP contribution in [0, 0.1) is 6.92 Å². The third-order valence-electron chi connectivity index (χ3n) is 1.85. The van der Waals surface area contributed by atoms with Crippen LogP contribution in [0.4, 0.5) is 5.82 Å². The Kier molecular flexibility index (Phi) is 3.09. The lowest BCUT2D eigenvalue weighted by molar-refractivity contribution is 0.837. The van der Waals surface area contributed by atoms with E-state index in [1.54, 1.807) is 0 Å². The molecule has 66 valence electrons. The smallest absolute Gasteiger partial charge is 0.128 e. The van der Waals surface area contributed by atoms with Crippen LogP contribution < -0.4 is 4.90 Å². The van der Waals surface area contributed by atoms with E-state index < -0.39 is 0 Å². The highest BCUT2D eigenvalue weighted by molar-refractivity contribution is 5.37. The second kappa shape index (κ2) is 4.10. The highest BCUT2D eigenvalue weighted by Crippen LogP contribution is 2.08. The van der Waals surface area contributed by atoms with Crippen molar-refractivity contribution in [3.05, 3.63) is 23.9 Å². The normalized spacial score (nSPS) is 9.92. The standard InChI is InChI=1S/C10H16N2/c1-4-7-12(3)10-6-5-9(2)8-11-10/h5-6,8H,4,7H2,1-3H3. The average Bonchev–Trinajstić information content (AvgIpc) is 2.06. The molecule has 12 heavy (non-hydrogen) atoms.